The average molecular weight is 232 g/mol. The van der Waals surface area contributed by atoms with Crippen LogP contribution in [-0.2, 0) is 0 Å². The van der Waals surface area contributed by atoms with Crippen LogP contribution in [0.5, 0.6) is 0 Å². The number of pyridine rings is 1. The highest BCUT2D eigenvalue weighted by Gasteiger charge is 2.23. The molecule has 0 aromatic carbocycles. The van der Waals surface area contributed by atoms with Crippen LogP contribution in [0.15, 0.2) is 18.3 Å². The fourth-order valence-corrected chi connectivity index (χ4v) is 2.77. The van der Waals surface area contributed by atoms with Gasteiger partial charge in [-0.2, -0.15) is 0 Å². The SMILES string of the molecule is c1cnc(N2CCNCC2)c([C@@H]2CCCN2)c1. The first-order chi connectivity index (χ1) is 8.45. The third-order valence-electron chi connectivity index (χ3n) is 3.67. The van der Waals surface area contributed by atoms with Crippen LogP contribution < -0.4 is 15.5 Å². The molecule has 3 rings (SSSR count). The van der Waals surface area contributed by atoms with E-state index in [1.54, 1.807) is 0 Å². The van der Waals surface area contributed by atoms with Crippen LogP contribution in [0.2, 0.25) is 0 Å². The smallest absolute Gasteiger partial charge is 0.133 e. The molecule has 1 aromatic heterocycles. The van der Waals surface area contributed by atoms with Gasteiger partial charge >= 0.3 is 0 Å². The number of hydrogen-bond donors (Lipinski definition) is 2. The van der Waals surface area contributed by atoms with E-state index in [0.717, 1.165) is 32.7 Å². The lowest BCUT2D eigenvalue weighted by molar-refractivity contribution is 0.574. The van der Waals surface area contributed by atoms with Gasteiger partial charge in [-0.05, 0) is 25.5 Å². The zero-order valence-corrected chi connectivity index (χ0v) is 10.2. The largest absolute Gasteiger partial charge is 0.354 e. The summed E-state index contributed by atoms with van der Waals surface area (Å²) in [4.78, 5) is 7.01. The van der Waals surface area contributed by atoms with Gasteiger partial charge in [0, 0.05) is 44.0 Å². The molecule has 2 aliphatic heterocycles. The molecule has 0 bridgehead atoms. The average Bonchev–Trinajstić information content (AvgIpc) is 2.94. The number of aromatic nitrogens is 1. The van der Waals surface area contributed by atoms with Crippen molar-refractivity contribution in [3.63, 3.8) is 0 Å². The minimum absolute atomic E-state index is 0.508. The number of rotatable bonds is 2. The molecular formula is C13H20N4. The Bertz CT molecular complexity index is 367. The van der Waals surface area contributed by atoms with Gasteiger partial charge in [0.05, 0.1) is 0 Å². The van der Waals surface area contributed by atoms with E-state index < -0.39 is 0 Å². The fraction of sp³-hybridized carbons (Fsp3) is 0.615. The van der Waals surface area contributed by atoms with Gasteiger partial charge in [-0.1, -0.05) is 6.07 Å². The molecule has 0 unspecified atom stereocenters. The molecule has 17 heavy (non-hydrogen) atoms. The molecule has 4 heteroatoms. The van der Waals surface area contributed by atoms with Crippen molar-refractivity contribution in [1.29, 1.82) is 0 Å². The molecule has 92 valence electrons. The summed E-state index contributed by atoms with van der Waals surface area (Å²) < 4.78 is 0. The standard InChI is InChI=1S/C13H20N4/c1-3-11(12-4-2-5-15-12)13(16-6-1)17-9-7-14-8-10-17/h1,3,6,12,14-15H,2,4-5,7-10H2/t12-/m0/s1. The van der Waals surface area contributed by atoms with Gasteiger partial charge in [-0.15, -0.1) is 0 Å². The van der Waals surface area contributed by atoms with E-state index >= 15 is 0 Å². The second kappa shape index (κ2) is 5.02. The van der Waals surface area contributed by atoms with Crippen LogP contribution >= 0.6 is 0 Å². The van der Waals surface area contributed by atoms with Crippen molar-refractivity contribution >= 4 is 5.82 Å². The van der Waals surface area contributed by atoms with Crippen LogP contribution in [0.25, 0.3) is 0 Å². The highest BCUT2D eigenvalue weighted by molar-refractivity contribution is 5.49. The molecule has 0 saturated carbocycles. The van der Waals surface area contributed by atoms with Crippen molar-refractivity contribution < 1.29 is 0 Å². The zero-order chi connectivity index (χ0) is 11.5. The summed E-state index contributed by atoms with van der Waals surface area (Å²) in [6.07, 6.45) is 4.43. The van der Waals surface area contributed by atoms with Crippen molar-refractivity contribution in [1.82, 2.24) is 15.6 Å². The first kappa shape index (κ1) is 11.0. The number of anilines is 1. The van der Waals surface area contributed by atoms with E-state index in [0.29, 0.717) is 6.04 Å². The lowest BCUT2D eigenvalue weighted by Gasteiger charge is -2.31. The van der Waals surface area contributed by atoms with Crippen molar-refractivity contribution in [2.24, 2.45) is 0 Å². The van der Waals surface area contributed by atoms with Crippen molar-refractivity contribution in [3.05, 3.63) is 23.9 Å². The van der Waals surface area contributed by atoms with Crippen molar-refractivity contribution in [2.75, 3.05) is 37.6 Å². The second-order valence-corrected chi connectivity index (χ2v) is 4.80. The molecule has 2 fully saturated rings. The summed E-state index contributed by atoms with van der Waals surface area (Å²) in [6.45, 7) is 5.40. The molecule has 1 atom stereocenters. The van der Waals surface area contributed by atoms with E-state index in [4.69, 9.17) is 0 Å². The molecule has 0 radical (unpaired) electrons. The minimum atomic E-state index is 0.508. The topological polar surface area (TPSA) is 40.2 Å². The lowest BCUT2D eigenvalue weighted by Crippen LogP contribution is -2.44. The Balaban J connectivity index is 1.86. The fourth-order valence-electron chi connectivity index (χ4n) is 2.77. The molecule has 1 aromatic rings. The van der Waals surface area contributed by atoms with Gasteiger partial charge in [0.1, 0.15) is 5.82 Å². The molecule has 2 saturated heterocycles. The Morgan fingerprint density at radius 3 is 2.88 bits per heavy atom. The van der Waals surface area contributed by atoms with Crippen LogP contribution in [-0.4, -0.2) is 37.7 Å². The summed E-state index contributed by atoms with van der Waals surface area (Å²) in [5, 5.41) is 6.96. The van der Waals surface area contributed by atoms with Crippen LogP contribution in [0.1, 0.15) is 24.4 Å². The highest BCUT2D eigenvalue weighted by atomic mass is 15.2. The van der Waals surface area contributed by atoms with Crippen molar-refractivity contribution in [2.45, 2.75) is 18.9 Å². The zero-order valence-electron chi connectivity index (χ0n) is 10.2. The molecule has 3 heterocycles. The van der Waals surface area contributed by atoms with Crippen molar-refractivity contribution in [3.8, 4) is 0 Å². The third-order valence-corrected chi connectivity index (χ3v) is 3.67. The van der Waals surface area contributed by atoms with Gasteiger partial charge in [0.2, 0.25) is 0 Å². The Hall–Kier alpha value is -1.13. The molecular weight excluding hydrogens is 212 g/mol. The Labute approximate surface area is 102 Å². The summed E-state index contributed by atoms with van der Waals surface area (Å²) in [5.41, 5.74) is 1.38. The Morgan fingerprint density at radius 2 is 2.12 bits per heavy atom. The number of nitrogens with zero attached hydrogens (tertiary/aromatic N) is 2. The summed E-state index contributed by atoms with van der Waals surface area (Å²) in [6, 6.07) is 4.79. The Morgan fingerprint density at radius 1 is 1.24 bits per heavy atom. The molecule has 4 nitrogen and oxygen atoms in total. The van der Waals surface area contributed by atoms with Gasteiger partial charge in [0.25, 0.3) is 0 Å². The lowest BCUT2D eigenvalue weighted by atomic mass is 10.1. The molecule has 0 aliphatic carbocycles. The van der Waals surface area contributed by atoms with Gasteiger partial charge in [-0.3, -0.25) is 0 Å². The first-order valence-corrected chi connectivity index (χ1v) is 6.59. The second-order valence-electron chi connectivity index (χ2n) is 4.80. The maximum Gasteiger partial charge on any atom is 0.133 e. The maximum atomic E-state index is 4.61. The number of hydrogen-bond acceptors (Lipinski definition) is 4. The number of piperazine rings is 1. The number of nitrogens with one attached hydrogen (secondary N) is 2. The van der Waals surface area contributed by atoms with E-state index in [2.05, 4.69) is 32.7 Å². The van der Waals surface area contributed by atoms with E-state index in [1.807, 2.05) is 6.20 Å². The monoisotopic (exact) mass is 232 g/mol. The van der Waals surface area contributed by atoms with Gasteiger partial charge in [-0.25, -0.2) is 4.98 Å². The van der Waals surface area contributed by atoms with E-state index in [-0.39, 0.29) is 0 Å². The predicted molar refractivity (Wildman–Crippen MR) is 69.3 cm³/mol. The third kappa shape index (κ3) is 2.28. The van der Waals surface area contributed by atoms with Crippen LogP contribution in [0.4, 0.5) is 5.82 Å². The quantitative estimate of drug-likeness (QED) is 0.795. The molecule has 2 N–H and O–H groups in total. The van der Waals surface area contributed by atoms with Crippen LogP contribution in [0, 0.1) is 0 Å². The maximum absolute atomic E-state index is 4.61. The van der Waals surface area contributed by atoms with Gasteiger partial charge in [0.15, 0.2) is 0 Å². The summed E-state index contributed by atoms with van der Waals surface area (Å²) in [5.74, 6) is 1.19. The molecule has 2 aliphatic rings. The van der Waals surface area contributed by atoms with E-state index in [9.17, 15) is 0 Å². The minimum Gasteiger partial charge on any atom is -0.354 e. The summed E-state index contributed by atoms with van der Waals surface area (Å²) >= 11 is 0. The highest BCUT2D eigenvalue weighted by Crippen LogP contribution is 2.29. The normalized spacial score (nSPS) is 25.2. The molecule has 0 amide bonds. The molecule has 0 spiro atoms. The Kier molecular flexibility index (Phi) is 3.25. The van der Waals surface area contributed by atoms with E-state index in [1.165, 1.54) is 24.2 Å². The summed E-state index contributed by atoms with van der Waals surface area (Å²) in [7, 11) is 0. The van der Waals surface area contributed by atoms with Gasteiger partial charge < -0.3 is 15.5 Å². The predicted octanol–water partition coefficient (Wildman–Crippen LogP) is 0.916. The van der Waals surface area contributed by atoms with Crippen LogP contribution in [0.3, 0.4) is 0 Å². The first-order valence-electron chi connectivity index (χ1n) is 6.59.